The van der Waals surface area contributed by atoms with Crippen LogP contribution in [0.3, 0.4) is 0 Å². The van der Waals surface area contributed by atoms with Crippen LogP contribution in [-0.2, 0) is 4.74 Å². The van der Waals surface area contributed by atoms with Crippen molar-refractivity contribution < 1.29 is 22.7 Å². The van der Waals surface area contributed by atoms with Crippen LogP contribution in [-0.4, -0.2) is 23.0 Å². The number of rotatable bonds is 3. The molecule has 0 aromatic heterocycles. The van der Waals surface area contributed by atoms with E-state index in [1.54, 1.807) is 0 Å². The Morgan fingerprint density at radius 1 is 1.40 bits per heavy atom. The van der Waals surface area contributed by atoms with Crippen molar-refractivity contribution in [1.82, 2.24) is 0 Å². The Bertz CT molecular complexity index is 234. The van der Waals surface area contributed by atoms with E-state index in [0.29, 0.717) is 12.3 Å². The standard InChI is InChI=1S/C5H6F3NOS.CH3NOS/c6-3(4(7)8)1-2-10-5(9)11;2-1(3)4/h1-4H,(H2,9,11);(H3,2,3,4). The fraction of sp³-hybridized carbons (Fsp3) is 0.333. The summed E-state index contributed by atoms with van der Waals surface area (Å²) in [5.41, 5.74) is 9.14. The number of nitrogens with two attached hydrogens (primary N) is 2. The first-order chi connectivity index (χ1) is 6.77. The number of thiol groups is 1. The summed E-state index contributed by atoms with van der Waals surface area (Å²) in [4.78, 5) is 9.09. The van der Waals surface area contributed by atoms with Crippen LogP contribution >= 0.6 is 24.8 Å². The van der Waals surface area contributed by atoms with Crippen LogP contribution < -0.4 is 11.5 Å². The number of thiocarbonyl (C=S) groups is 1. The van der Waals surface area contributed by atoms with Gasteiger partial charge in [-0.05, 0) is 18.3 Å². The molecule has 0 aliphatic carbocycles. The molecule has 9 heteroatoms. The normalized spacial score (nSPS) is 11.8. The third kappa shape index (κ3) is 19.4. The molecule has 1 atom stereocenters. The lowest BCUT2D eigenvalue weighted by molar-refractivity contribution is 0.0741. The van der Waals surface area contributed by atoms with Crippen molar-refractivity contribution in [2.75, 3.05) is 0 Å². The van der Waals surface area contributed by atoms with Crippen LogP contribution in [0.15, 0.2) is 12.3 Å². The molecule has 15 heavy (non-hydrogen) atoms. The van der Waals surface area contributed by atoms with E-state index in [-0.39, 0.29) is 5.17 Å². The molecule has 0 saturated heterocycles. The Morgan fingerprint density at radius 3 is 2.07 bits per heavy atom. The average molecular weight is 262 g/mol. The van der Waals surface area contributed by atoms with Crippen LogP contribution in [0, 0.1) is 0 Å². The van der Waals surface area contributed by atoms with Gasteiger partial charge in [0.2, 0.25) is 0 Å². The highest BCUT2D eigenvalue weighted by molar-refractivity contribution is 7.96. The number of hydrogen-bond acceptors (Lipinski definition) is 3. The third-order valence-electron chi connectivity index (χ3n) is 0.687. The van der Waals surface area contributed by atoms with Gasteiger partial charge in [-0.3, -0.25) is 4.79 Å². The van der Waals surface area contributed by atoms with Gasteiger partial charge in [-0.1, -0.05) is 12.6 Å². The van der Waals surface area contributed by atoms with Crippen molar-refractivity contribution in [2.24, 2.45) is 11.5 Å². The zero-order chi connectivity index (χ0) is 12.4. The second kappa shape index (κ2) is 9.59. The highest BCUT2D eigenvalue weighted by Crippen LogP contribution is 2.06. The van der Waals surface area contributed by atoms with Crippen LogP contribution in [0.2, 0.25) is 0 Å². The minimum Gasteiger partial charge on any atom is -0.440 e. The van der Waals surface area contributed by atoms with Crippen LogP contribution in [0.1, 0.15) is 0 Å². The highest BCUT2D eigenvalue weighted by atomic mass is 32.1. The number of allylic oxidation sites excluding steroid dienone is 1. The molecule has 0 saturated carbocycles. The maximum atomic E-state index is 12.0. The van der Waals surface area contributed by atoms with E-state index in [9.17, 15) is 13.2 Å². The Hall–Kier alpha value is -0.960. The van der Waals surface area contributed by atoms with Crippen LogP contribution in [0.4, 0.5) is 18.0 Å². The smallest absolute Gasteiger partial charge is 0.273 e. The van der Waals surface area contributed by atoms with Crippen molar-refractivity contribution in [1.29, 1.82) is 0 Å². The molecule has 0 aromatic carbocycles. The molecule has 0 fully saturated rings. The first-order valence-corrected chi connectivity index (χ1v) is 4.16. The van der Waals surface area contributed by atoms with Crippen molar-refractivity contribution in [3.63, 3.8) is 0 Å². The molecule has 4 nitrogen and oxygen atoms in total. The van der Waals surface area contributed by atoms with Crippen molar-refractivity contribution in [3.05, 3.63) is 12.3 Å². The fourth-order valence-electron chi connectivity index (χ4n) is 0.265. The zero-order valence-corrected chi connectivity index (χ0v) is 8.98. The van der Waals surface area contributed by atoms with Crippen LogP contribution in [0.25, 0.3) is 0 Å². The minimum absolute atomic E-state index is 0.345. The van der Waals surface area contributed by atoms with E-state index in [1.165, 1.54) is 0 Å². The summed E-state index contributed by atoms with van der Waals surface area (Å²) in [6.07, 6.45) is -4.17. The molecule has 0 aliphatic rings. The molecular formula is C6H9F3N2O2S2. The number of halogens is 3. The Kier molecular flexibility index (Phi) is 10.5. The zero-order valence-electron chi connectivity index (χ0n) is 7.27. The molecule has 4 N–H and O–H groups in total. The maximum absolute atomic E-state index is 12.0. The molecular weight excluding hydrogens is 253 g/mol. The van der Waals surface area contributed by atoms with Crippen molar-refractivity contribution in [2.45, 2.75) is 12.6 Å². The minimum atomic E-state index is -3.05. The molecule has 0 radical (unpaired) electrons. The monoisotopic (exact) mass is 262 g/mol. The van der Waals surface area contributed by atoms with Gasteiger partial charge >= 0.3 is 0 Å². The molecule has 0 aromatic rings. The number of carbonyl (C=O) groups excluding carboxylic acids is 1. The fourth-order valence-corrected chi connectivity index (χ4v) is 0.321. The molecule has 0 spiro atoms. The summed E-state index contributed by atoms with van der Waals surface area (Å²) in [7, 11) is 0. The van der Waals surface area contributed by atoms with Crippen molar-refractivity contribution >= 4 is 35.3 Å². The molecule has 0 heterocycles. The number of carbonyl (C=O) groups is 1. The highest BCUT2D eigenvalue weighted by Gasteiger charge is 2.14. The number of hydrogen-bond donors (Lipinski definition) is 3. The van der Waals surface area contributed by atoms with E-state index in [1.807, 2.05) is 0 Å². The number of amides is 1. The summed E-state index contributed by atoms with van der Waals surface area (Å²) in [5.74, 6) is 0. The first kappa shape index (κ1) is 16.5. The summed E-state index contributed by atoms with van der Waals surface area (Å²) in [6.45, 7) is 0. The predicted octanol–water partition coefficient (Wildman–Crippen LogP) is 1.36. The lowest BCUT2D eigenvalue weighted by Crippen LogP contribution is -2.11. The Morgan fingerprint density at radius 2 is 1.80 bits per heavy atom. The molecule has 1 unspecified atom stereocenters. The van der Waals surface area contributed by atoms with E-state index >= 15 is 0 Å². The number of alkyl halides is 3. The van der Waals surface area contributed by atoms with Gasteiger partial charge < -0.3 is 16.2 Å². The second-order valence-electron chi connectivity index (χ2n) is 1.88. The van der Waals surface area contributed by atoms with Gasteiger partial charge in [0.1, 0.15) is 0 Å². The summed E-state index contributed by atoms with van der Waals surface area (Å²) < 4.78 is 39.0. The quantitative estimate of drug-likeness (QED) is 0.407. The van der Waals surface area contributed by atoms with E-state index in [0.717, 1.165) is 0 Å². The van der Waals surface area contributed by atoms with E-state index in [4.69, 9.17) is 10.5 Å². The Labute approximate surface area is 94.8 Å². The summed E-state index contributed by atoms with van der Waals surface area (Å²) in [5, 5.41) is -0.984. The van der Waals surface area contributed by atoms with Gasteiger partial charge in [-0.15, -0.1) is 0 Å². The van der Waals surface area contributed by atoms with Crippen molar-refractivity contribution in [3.8, 4) is 0 Å². The molecule has 1 amide bonds. The SMILES string of the molecule is NC(=O)S.NC(=S)OC=CC(F)C(F)F. The first-order valence-electron chi connectivity index (χ1n) is 3.30. The summed E-state index contributed by atoms with van der Waals surface area (Å²) in [6, 6.07) is 0. The lowest BCUT2D eigenvalue weighted by Gasteiger charge is -1.99. The number of ether oxygens (including phenoxy) is 1. The largest absolute Gasteiger partial charge is 0.440 e. The molecule has 88 valence electrons. The van der Waals surface area contributed by atoms with E-state index < -0.39 is 17.8 Å². The molecule has 0 aliphatic heterocycles. The van der Waals surface area contributed by atoms with E-state index in [2.05, 4.69) is 35.3 Å². The van der Waals surface area contributed by atoms with Crippen LogP contribution in [0.5, 0.6) is 0 Å². The Balaban J connectivity index is 0. The summed E-state index contributed by atoms with van der Waals surface area (Å²) >= 11 is 7.31. The van der Waals surface area contributed by atoms with Gasteiger partial charge in [0.05, 0.1) is 6.26 Å². The van der Waals surface area contributed by atoms with Gasteiger partial charge in [-0.2, -0.15) is 0 Å². The lowest BCUT2D eigenvalue weighted by atomic mass is 10.4. The molecule has 0 rings (SSSR count). The van der Waals surface area contributed by atoms with Gasteiger partial charge in [0, 0.05) is 0 Å². The van der Waals surface area contributed by atoms with Gasteiger partial charge in [-0.25, -0.2) is 13.2 Å². The average Bonchev–Trinajstić information content (AvgIpc) is 2.01. The number of primary amides is 1. The molecule has 0 bridgehead atoms. The van der Waals surface area contributed by atoms with Gasteiger partial charge in [0.25, 0.3) is 16.8 Å². The topological polar surface area (TPSA) is 78.3 Å². The van der Waals surface area contributed by atoms with Gasteiger partial charge in [0.15, 0.2) is 6.17 Å². The second-order valence-corrected chi connectivity index (χ2v) is 2.73. The predicted molar refractivity (Wildman–Crippen MR) is 56.5 cm³/mol. The third-order valence-corrected chi connectivity index (χ3v) is 0.784. The maximum Gasteiger partial charge on any atom is 0.273 e.